The van der Waals surface area contributed by atoms with Crippen molar-refractivity contribution in [1.29, 1.82) is 0 Å². The van der Waals surface area contributed by atoms with Crippen LogP contribution in [0.5, 0.6) is 0 Å². The van der Waals surface area contributed by atoms with Crippen molar-refractivity contribution in [2.24, 2.45) is 10.2 Å². The summed E-state index contributed by atoms with van der Waals surface area (Å²) in [6.07, 6.45) is 3.70. The van der Waals surface area contributed by atoms with Crippen LogP contribution >= 0.6 is 35.0 Å². The van der Waals surface area contributed by atoms with Crippen LogP contribution in [0, 0.1) is 0 Å². The minimum atomic E-state index is -0.325. The van der Waals surface area contributed by atoms with Crippen LogP contribution in [0.3, 0.4) is 0 Å². The molecule has 0 N–H and O–H groups in total. The quantitative estimate of drug-likeness (QED) is 0.224. The van der Waals surface area contributed by atoms with Gasteiger partial charge in [0.25, 0.3) is 0 Å². The molecule has 1 aliphatic rings. The summed E-state index contributed by atoms with van der Waals surface area (Å²) in [5, 5.41) is 9.57. The molecule has 8 heteroatoms. The maximum Gasteiger partial charge on any atom is 0.242 e. The monoisotopic (exact) mass is 483 g/mol. The Morgan fingerprint density at radius 2 is 1.91 bits per heavy atom. The van der Waals surface area contributed by atoms with E-state index in [0.29, 0.717) is 33.9 Å². The molecule has 1 saturated heterocycles. The minimum Gasteiger partial charge on any atom is -0.455 e. The van der Waals surface area contributed by atoms with E-state index >= 15 is 0 Å². The Balaban J connectivity index is 1.48. The lowest BCUT2D eigenvalue weighted by molar-refractivity contribution is -0.125. The molecule has 0 bridgehead atoms. The Bertz CT molecular complexity index is 1190. The van der Waals surface area contributed by atoms with Gasteiger partial charge in [0.15, 0.2) is 5.17 Å². The number of carbonyl (C=O) groups excluding carboxylic acids is 1. The van der Waals surface area contributed by atoms with E-state index in [-0.39, 0.29) is 11.2 Å². The fourth-order valence-electron chi connectivity index (χ4n) is 3.21. The normalized spacial score (nSPS) is 17.6. The van der Waals surface area contributed by atoms with Crippen LogP contribution in [0.2, 0.25) is 10.0 Å². The second-order valence-corrected chi connectivity index (χ2v) is 8.98. The maximum atomic E-state index is 12.9. The van der Waals surface area contributed by atoms with Gasteiger partial charge in [0.2, 0.25) is 5.91 Å². The van der Waals surface area contributed by atoms with E-state index in [1.165, 1.54) is 18.0 Å². The predicted molar refractivity (Wildman–Crippen MR) is 133 cm³/mol. The topological polar surface area (TPSA) is 58.2 Å². The van der Waals surface area contributed by atoms with E-state index in [2.05, 4.69) is 16.8 Å². The van der Waals surface area contributed by atoms with Gasteiger partial charge in [0, 0.05) is 12.1 Å². The Morgan fingerprint density at radius 3 is 2.66 bits per heavy atom. The highest BCUT2D eigenvalue weighted by molar-refractivity contribution is 8.15. The fraction of sp³-hybridized carbons (Fsp3) is 0.125. The number of amidine groups is 1. The van der Waals surface area contributed by atoms with Crippen LogP contribution in [0.1, 0.15) is 11.3 Å². The molecule has 0 saturated carbocycles. The molecule has 32 heavy (non-hydrogen) atoms. The van der Waals surface area contributed by atoms with Gasteiger partial charge in [0.1, 0.15) is 11.5 Å². The molecule has 0 spiro atoms. The van der Waals surface area contributed by atoms with Gasteiger partial charge in [-0.05, 0) is 36.2 Å². The predicted octanol–water partition coefficient (Wildman–Crippen LogP) is 6.32. The van der Waals surface area contributed by atoms with Gasteiger partial charge in [-0.1, -0.05) is 77.4 Å². The highest BCUT2D eigenvalue weighted by Crippen LogP contribution is 2.31. The first-order valence-electron chi connectivity index (χ1n) is 9.84. The average molecular weight is 484 g/mol. The zero-order valence-corrected chi connectivity index (χ0v) is 19.3. The number of benzene rings is 2. The van der Waals surface area contributed by atoms with Crippen molar-refractivity contribution < 1.29 is 9.21 Å². The number of furan rings is 1. The summed E-state index contributed by atoms with van der Waals surface area (Å²) in [6.45, 7) is 4.10. The molecule has 3 aromatic rings. The second kappa shape index (κ2) is 10.2. The van der Waals surface area contributed by atoms with Gasteiger partial charge in [-0.25, -0.2) is 0 Å². The van der Waals surface area contributed by atoms with Crippen molar-refractivity contribution in [3.05, 3.63) is 94.7 Å². The lowest BCUT2D eigenvalue weighted by Crippen LogP contribution is -2.32. The van der Waals surface area contributed by atoms with Gasteiger partial charge in [-0.3, -0.25) is 9.69 Å². The minimum absolute atomic E-state index is 0.0423. The van der Waals surface area contributed by atoms with Gasteiger partial charge >= 0.3 is 0 Å². The van der Waals surface area contributed by atoms with Crippen molar-refractivity contribution in [3.63, 3.8) is 0 Å². The molecular formula is C24H19Cl2N3O2S. The van der Waals surface area contributed by atoms with E-state index in [9.17, 15) is 4.79 Å². The fourth-order valence-corrected chi connectivity index (χ4v) is 4.67. The standard InChI is InChI=1S/C24H19Cl2N3O2S/c1-2-12-29-23(30)22(14-16-8-10-19(25)20(26)13-16)32-24(29)28-27-15-18-9-11-21(31-18)17-6-4-3-5-7-17/h2-11,13,15,22H,1,12,14H2/b27-15+,28-24+. The SMILES string of the molecule is C=CCN1C(=O)C(Cc2ccc(Cl)c(Cl)c2)S/C1=N/N=C/c1ccc(-c2ccccc2)o1. The molecule has 1 amide bonds. The number of thioether (sulfide) groups is 1. The third kappa shape index (κ3) is 5.15. The van der Waals surface area contributed by atoms with Gasteiger partial charge in [0.05, 0.1) is 21.5 Å². The zero-order chi connectivity index (χ0) is 22.5. The summed E-state index contributed by atoms with van der Waals surface area (Å²) in [7, 11) is 0. The molecule has 1 unspecified atom stereocenters. The van der Waals surface area contributed by atoms with Crippen molar-refractivity contribution in [2.45, 2.75) is 11.7 Å². The van der Waals surface area contributed by atoms with Crippen LogP contribution in [-0.4, -0.2) is 34.0 Å². The summed E-state index contributed by atoms with van der Waals surface area (Å²) in [5.41, 5.74) is 1.91. The van der Waals surface area contributed by atoms with Crippen LogP contribution in [0.4, 0.5) is 0 Å². The van der Waals surface area contributed by atoms with Gasteiger partial charge in [-0.2, -0.15) is 5.10 Å². The third-order valence-electron chi connectivity index (χ3n) is 4.75. The molecule has 4 rings (SSSR count). The molecule has 162 valence electrons. The number of halogens is 2. The molecule has 1 atom stereocenters. The lowest BCUT2D eigenvalue weighted by atomic mass is 10.1. The van der Waals surface area contributed by atoms with Gasteiger partial charge < -0.3 is 4.42 Å². The molecule has 1 aromatic heterocycles. The largest absolute Gasteiger partial charge is 0.455 e. The Labute approximate surface area is 200 Å². The van der Waals surface area contributed by atoms with E-state index in [0.717, 1.165) is 16.9 Å². The molecule has 0 aliphatic carbocycles. The molecule has 2 heterocycles. The van der Waals surface area contributed by atoms with Crippen molar-refractivity contribution in [1.82, 2.24) is 4.90 Å². The first-order valence-corrected chi connectivity index (χ1v) is 11.5. The summed E-state index contributed by atoms with van der Waals surface area (Å²) in [4.78, 5) is 14.5. The Hall–Kier alpha value is -2.80. The molecule has 2 aromatic carbocycles. The first kappa shape index (κ1) is 22.4. The molecule has 5 nitrogen and oxygen atoms in total. The van der Waals surface area contributed by atoms with Crippen LogP contribution < -0.4 is 0 Å². The summed E-state index contributed by atoms with van der Waals surface area (Å²) in [5.74, 6) is 1.28. The number of carbonyl (C=O) groups is 1. The summed E-state index contributed by atoms with van der Waals surface area (Å²) >= 11 is 13.5. The lowest BCUT2D eigenvalue weighted by Gasteiger charge is -2.13. The number of amides is 1. The number of hydrogen-bond acceptors (Lipinski definition) is 5. The summed E-state index contributed by atoms with van der Waals surface area (Å²) < 4.78 is 5.81. The summed E-state index contributed by atoms with van der Waals surface area (Å²) in [6, 6.07) is 18.9. The number of hydrogen-bond donors (Lipinski definition) is 0. The number of nitrogens with zero attached hydrogens (tertiary/aromatic N) is 3. The Kier molecular flexibility index (Phi) is 7.15. The van der Waals surface area contributed by atoms with Crippen LogP contribution in [0.25, 0.3) is 11.3 Å². The molecular weight excluding hydrogens is 465 g/mol. The highest BCUT2D eigenvalue weighted by atomic mass is 35.5. The third-order valence-corrected chi connectivity index (χ3v) is 6.65. The highest BCUT2D eigenvalue weighted by Gasteiger charge is 2.37. The van der Waals surface area contributed by atoms with E-state index < -0.39 is 0 Å². The Morgan fingerprint density at radius 1 is 1.09 bits per heavy atom. The molecule has 1 fully saturated rings. The maximum absolute atomic E-state index is 12.9. The number of rotatable bonds is 7. The van der Waals surface area contributed by atoms with Crippen molar-refractivity contribution in [2.75, 3.05) is 6.54 Å². The van der Waals surface area contributed by atoms with Gasteiger partial charge in [-0.15, -0.1) is 11.7 Å². The first-order chi connectivity index (χ1) is 15.5. The average Bonchev–Trinajstić information content (AvgIpc) is 3.38. The molecule has 0 radical (unpaired) electrons. The zero-order valence-electron chi connectivity index (χ0n) is 16.9. The van der Waals surface area contributed by atoms with E-state index in [4.69, 9.17) is 27.6 Å². The smallest absolute Gasteiger partial charge is 0.242 e. The van der Waals surface area contributed by atoms with E-state index in [1.54, 1.807) is 23.1 Å². The van der Waals surface area contributed by atoms with E-state index in [1.807, 2.05) is 48.5 Å². The van der Waals surface area contributed by atoms with Crippen LogP contribution in [-0.2, 0) is 11.2 Å². The van der Waals surface area contributed by atoms with Crippen LogP contribution in [0.15, 0.2) is 87.9 Å². The van der Waals surface area contributed by atoms with Crippen molar-refractivity contribution >= 4 is 52.3 Å². The second-order valence-electron chi connectivity index (χ2n) is 6.99. The molecule has 1 aliphatic heterocycles. The van der Waals surface area contributed by atoms with Crippen molar-refractivity contribution in [3.8, 4) is 11.3 Å².